The minimum absolute atomic E-state index is 0.149. The number of hydrogen-bond donors (Lipinski definition) is 1. The number of nitrogens with one attached hydrogen (secondary N) is 1. The summed E-state index contributed by atoms with van der Waals surface area (Å²) in [6.07, 6.45) is 1.03. The van der Waals surface area contributed by atoms with Crippen molar-refractivity contribution in [1.29, 1.82) is 0 Å². The van der Waals surface area contributed by atoms with Gasteiger partial charge in [-0.25, -0.2) is 0 Å². The zero-order valence-corrected chi connectivity index (χ0v) is 11.7. The van der Waals surface area contributed by atoms with Gasteiger partial charge in [0.15, 0.2) is 0 Å². The van der Waals surface area contributed by atoms with E-state index in [0.717, 1.165) is 17.7 Å². The summed E-state index contributed by atoms with van der Waals surface area (Å²) in [4.78, 5) is 10.5. The Hall–Kier alpha value is -2.36. The predicted molar refractivity (Wildman–Crippen MR) is 81.0 cm³/mol. The quantitative estimate of drug-likeness (QED) is 0.658. The van der Waals surface area contributed by atoms with Gasteiger partial charge in [0.1, 0.15) is 0 Å². The topological polar surface area (TPSA) is 55.2 Å². The summed E-state index contributed by atoms with van der Waals surface area (Å²) in [5.74, 6) is 0. The smallest absolute Gasteiger partial charge is 0.274 e. The lowest BCUT2D eigenvalue weighted by Crippen LogP contribution is -2.01. The van der Waals surface area contributed by atoms with Crippen LogP contribution in [-0.4, -0.2) is 4.92 Å². The van der Waals surface area contributed by atoms with E-state index < -0.39 is 0 Å². The lowest BCUT2D eigenvalue weighted by atomic mass is 10.1. The van der Waals surface area contributed by atoms with Gasteiger partial charge in [-0.2, -0.15) is 0 Å². The van der Waals surface area contributed by atoms with Crippen LogP contribution in [0.3, 0.4) is 0 Å². The van der Waals surface area contributed by atoms with Crippen molar-refractivity contribution < 1.29 is 4.92 Å². The van der Waals surface area contributed by atoms with Crippen LogP contribution in [0, 0.1) is 17.0 Å². The lowest BCUT2D eigenvalue weighted by molar-refractivity contribution is -0.385. The van der Waals surface area contributed by atoms with E-state index in [-0.39, 0.29) is 10.6 Å². The van der Waals surface area contributed by atoms with Crippen LogP contribution < -0.4 is 5.32 Å². The molecule has 0 atom stereocenters. The van der Waals surface area contributed by atoms with E-state index in [0.29, 0.717) is 12.1 Å². The second kappa shape index (κ2) is 6.19. The molecule has 4 nitrogen and oxygen atoms in total. The number of hydrogen-bond acceptors (Lipinski definition) is 3. The van der Waals surface area contributed by atoms with Crippen molar-refractivity contribution in [2.45, 2.75) is 26.8 Å². The van der Waals surface area contributed by atoms with E-state index in [1.54, 1.807) is 19.1 Å². The average Bonchev–Trinajstić information content (AvgIpc) is 2.46. The molecular weight excluding hydrogens is 252 g/mol. The van der Waals surface area contributed by atoms with Crippen LogP contribution in [-0.2, 0) is 13.0 Å². The van der Waals surface area contributed by atoms with Gasteiger partial charge in [-0.15, -0.1) is 0 Å². The molecule has 0 saturated carbocycles. The highest BCUT2D eigenvalue weighted by atomic mass is 16.6. The Bertz CT molecular complexity index is 606. The minimum Gasteiger partial charge on any atom is -0.381 e. The van der Waals surface area contributed by atoms with Crippen molar-refractivity contribution in [1.82, 2.24) is 0 Å². The number of nitro benzene ring substituents is 1. The van der Waals surface area contributed by atoms with Crippen molar-refractivity contribution in [3.63, 3.8) is 0 Å². The first-order valence-electron chi connectivity index (χ1n) is 6.67. The molecule has 0 saturated heterocycles. The molecule has 20 heavy (non-hydrogen) atoms. The summed E-state index contributed by atoms with van der Waals surface area (Å²) in [6, 6.07) is 13.6. The van der Waals surface area contributed by atoms with Crippen molar-refractivity contribution in [3.8, 4) is 0 Å². The van der Waals surface area contributed by atoms with Gasteiger partial charge in [0.05, 0.1) is 4.92 Å². The molecule has 0 aliphatic carbocycles. The fourth-order valence-corrected chi connectivity index (χ4v) is 2.01. The van der Waals surface area contributed by atoms with Crippen LogP contribution in [0.4, 0.5) is 11.4 Å². The van der Waals surface area contributed by atoms with Crippen molar-refractivity contribution in [3.05, 3.63) is 69.3 Å². The van der Waals surface area contributed by atoms with E-state index in [1.807, 2.05) is 6.07 Å². The molecular formula is C16H18N2O2. The van der Waals surface area contributed by atoms with Crippen LogP contribution in [0.5, 0.6) is 0 Å². The summed E-state index contributed by atoms with van der Waals surface area (Å²) in [5, 5.41) is 14.1. The highest BCUT2D eigenvalue weighted by molar-refractivity contribution is 5.55. The normalized spacial score (nSPS) is 10.3. The number of benzene rings is 2. The van der Waals surface area contributed by atoms with E-state index in [1.165, 1.54) is 5.56 Å². The average molecular weight is 270 g/mol. The SMILES string of the molecule is CCc1ccc(CNc2ccc(C)c([N+](=O)[O-])c2)cc1. The Kier molecular flexibility index (Phi) is 4.35. The third kappa shape index (κ3) is 3.35. The lowest BCUT2D eigenvalue weighted by Gasteiger charge is -2.08. The molecule has 0 aromatic heterocycles. The Morgan fingerprint density at radius 1 is 1.10 bits per heavy atom. The van der Waals surface area contributed by atoms with Crippen LogP contribution in [0.1, 0.15) is 23.6 Å². The van der Waals surface area contributed by atoms with Gasteiger partial charge in [-0.05, 0) is 30.5 Å². The van der Waals surface area contributed by atoms with Crippen LogP contribution >= 0.6 is 0 Å². The predicted octanol–water partition coefficient (Wildman–Crippen LogP) is 4.08. The molecule has 0 unspecified atom stereocenters. The van der Waals surface area contributed by atoms with Crippen molar-refractivity contribution >= 4 is 11.4 Å². The monoisotopic (exact) mass is 270 g/mol. The summed E-state index contributed by atoms with van der Waals surface area (Å²) in [7, 11) is 0. The summed E-state index contributed by atoms with van der Waals surface area (Å²) in [6.45, 7) is 4.52. The summed E-state index contributed by atoms with van der Waals surface area (Å²) < 4.78 is 0. The Morgan fingerprint density at radius 2 is 1.75 bits per heavy atom. The van der Waals surface area contributed by atoms with E-state index >= 15 is 0 Å². The first kappa shape index (κ1) is 14.1. The third-order valence-electron chi connectivity index (χ3n) is 3.33. The number of aryl methyl sites for hydroxylation is 2. The largest absolute Gasteiger partial charge is 0.381 e. The van der Waals surface area contributed by atoms with E-state index in [4.69, 9.17) is 0 Å². The Morgan fingerprint density at radius 3 is 2.35 bits per heavy atom. The van der Waals surface area contributed by atoms with Gasteiger partial charge in [-0.1, -0.05) is 37.3 Å². The molecule has 4 heteroatoms. The molecule has 0 heterocycles. The maximum absolute atomic E-state index is 10.9. The molecule has 2 rings (SSSR count). The van der Waals surface area contributed by atoms with Gasteiger partial charge in [0.2, 0.25) is 0 Å². The zero-order chi connectivity index (χ0) is 14.5. The molecule has 0 aliphatic heterocycles. The number of anilines is 1. The Balaban J connectivity index is 2.06. The molecule has 2 aromatic carbocycles. The first-order valence-corrected chi connectivity index (χ1v) is 6.67. The van der Waals surface area contributed by atoms with Gasteiger partial charge in [0.25, 0.3) is 5.69 Å². The highest BCUT2D eigenvalue weighted by Crippen LogP contribution is 2.22. The second-order valence-corrected chi connectivity index (χ2v) is 4.78. The standard InChI is InChI=1S/C16H18N2O2/c1-3-13-5-7-14(8-6-13)11-17-15-9-4-12(2)16(10-15)18(19)20/h4-10,17H,3,11H2,1-2H3. The Labute approximate surface area is 118 Å². The summed E-state index contributed by atoms with van der Waals surface area (Å²) in [5.41, 5.74) is 4.05. The molecule has 0 fully saturated rings. The molecule has 2 aromatic rings. The molecule has 104 valence electrons. The minimum atomic E-state index is -0.351. The fourth-order valence-electron chi connectivity index (χ4n) is 2.01. The highest BCUT2D eigenvalue weighted by Gasteiger charge is 2.10. The number of nitro groups is 1. The van der Waals surface area contributed by atoms with Gasteiger partial charge < -0.3 is 5.32 Å². The molecule has 0 aliphatic rings. The molecule has 0 bridgehead atoms. The second-order valence-electron chi connectivity index (χ2n) is 4.78. The number of nitrogens with zero attached hydrogens (tertiary/aromatic N) is 1. The van der Waals surface area contributed by atoms with Crippen LogP contribution in [0.15, 0.2) is 42.5 Å². The van der Waals surface area contributed by atoms with Crippen molar-refractivity contribution in [2.75, 3.05) is 5.32 Å². The molecule has 0 radical (unpaired) electrons. The van der Waals surface area contributed by atoms with Crippen LogP contribution in [0.2, 0.25) is 0 Å². The fraction of sp³-hybridized carbons (Fsp3) is 0.250. The van der Waals surface area contributed by atoms with Gasteiger partial charge in [0, 0.05) is 23.9 Å². The van der Waals surface area contributed by atoms with E-state index in [2.05, 4.69) is 36.5 Å². The zero-order valence-electron chi connectivity index (χ0n) is 11.7. The van der Waals surface area contributed by atoms with Crippen molar-refractivity contribution in [2.24, 2.45) is 0 Å². The van der Waals surface area contributed by atoms with Gasteiger partial charge >= 0.3 is 0 Å². The van der Waals surface area contributed by atoms with E-state index in [9.17, 15) is 10.1 Å². The van der Waals surface area contributed by atoms with Gasteiger partial charge in [-0.3, -0.25) is 10.1 Å². The van der Waals surface area contributed by atoms with Crippen LogP contribution in [0.25, 0.3) is 0 Å². The first-order chi connectivity index (χ1) is 9.60. The maximum atomic E-state index is 10.9. The molecule has 1 N–H and O–H groups in total. The maximum Gasteiger partial charge on any atom is 0.274 e. The number of rotatable bonds is 5. The molecule has 0 amide bonds. The molecule has 0 spiro atoms. The third-order valence-corrected chi connectivity index (χ3v) is 3.33. The summed E-state index contributed by atoms with van der Waals surface area (Å²) >= 11 is 0.